The first-order valence-electron chi connectivity index (χ1n) is 11.8. The van der Waals surface area contributed by atoms with Gasteiger partial charge in [-0.2, -0.15) is 0 Å². The van der Waals surface area contributed by atoms with E-state index in [0.29, 0.717) is 12.6 Å². The van der Waals surface area contributed by atoms with E-state index in [0.717, 1.165) is 70.4 Å². The average molecular weight is 421 g/mol. The number of nitrogens with zero attached hydrogens (tertiary/aromatic N) is 5. The molecule has 5 rings (SSSR count). The second-order valence-corrected chi connectivity index (χ2v) is 9.07. The van der Waals surface area contributed by atoms with Crippen LogP contribution < -0.4 is 10.2 Å². The third-order valence-electron chi connectivity index (χ3n) is 7.13. The summed E-state index contributed by atoms with van der Waals surface area (Å²) >= 11 is 0. The topological polar surface area (TPSA) is 74.2 Å². The van der Waals surface area contributed by atoms with E-state index in [1.165, 1.54) is 23.5 Å². The molecule has 164 valence electrons. The second kappa shape index (κ2) is 9.30. The third kappa shape index (κ3) is 4.56. The maximum absolute atomic E-state index is 12.8. The standard InChI is InChI=1S/C24H32N6O/c31-24(26-15-19-6-1-2-11-25-19)18-5-4-12-30(16-18)20-9-13-29(14-10-20)23-21-7-3-8-22(21)27-17-28-23/h1-2,6,11,17-18,20H,3-5,7-10,12-16H2,(H,26,31). The summed E-state index contributed by atoms with van der Waals surface area (Å²) in [6.07, 6.45) is 11.3. The third-order valence-corrected chi connectivity index (χ3v) is 7.13. The van der Waals surface area contributed by atoms with Crippen LogP contribution in [0.15, 0.2) is 30.7 Å². The fourth-order valence-corrected chi connectivity index (χ4v) is 5.43. The number of carbonyl (C=O) groups excluding carboxylic acids is 1. The molecule has 31 heavy (non-hydrogen) atoms. The summed E-state index contributed by atoms with van der Waals surface area (Å²) < 4.78 is 0. The van der Waals surface area contributed by atoms with Gasteiger partial charge in [0, 0.05) is 43.1 Å². The number of fused-ring (bicyclic) bond motifs is 1. The molecule has 0 saturated carbocycles. The number of rotatable bonds is 5. The molecular formula is C24H32N6O. The van der Waals surface area contributed by atoms with Gasteiger partial charge in [-0.25, -0.2) is 9.97 Å². The van der Waals surface area contributed by atoms with E-state index in [4.69, 9.17) is 0 Å². The molecule has 3 aliphatic rings. The van der Waals surface area contributed by atoms with Crippen LogP contribution in [0.2, 0.25) is 0 Å². The quantitative estimate of drug-likeness (QED) is 0.801. The van der Waals surface area contributed by atoms with Crippen molar-refractivity contribution in [1.82, 2.24) is 25.2 Å². The van der Waals surface area contributed by atoms with Crippen molar-refractivity contribution < 1.29 is 4.79 Å². The van der Waals surface area contributed by atoms with Crippen molar-refractivity contribution in [2.75, 3.05) is 31.1 Å². The molecule has 2 aromatic rings. The Bertz CT molecular complexity index is 896. The first kappa shape index (κ1) is 20.4. The summed E-state index contributed by atoms with van der Waals surface area (Å²) in [5, 5.41) is 3.09. The first-order valence-corrected chi connectivity index (χ1v) is 11.8. The van der Waals surface area contributed by atoms with E-state index < -0.39 is 0 Å². The van der Waals surface area contributed by atoms with Gasteiger partial charge in [-0.3, -0.25) is 14.7 Å². The fourth-order valence-electron chi connectivity index (χ4n) is 5.43. The molecule has 2 aliphatic heterocycles. The van der Waals surface area contributed by atoms with Gasteiger partial charge in [0.15, 0.2) is 0 Å². The monoisotopic (exact) mass is 420 g/mol. The lowest BCUT2D eigenvalue weighted by Gasteiger charge is -2.42. The van der Waals surface area contributed by atoms with Crippen molar-refractivity contribution in [3.63, 3.8) is 0 Å². The number of piperidine rings is 2. The highest BCUT2D eigenvalue weighted by atomic mass is 16.1. The van der Waals surface area contributed by atoms with Crippen molar-refractivity contribution >= 4 is 11.7 Å². The number of nitrogens with one attached hydrogen (secondary N) is 1. The fraction of sp³-hybridized carbons (Fsp3) is 0.583. The van der Waals surface area contributed by atoms with Crippen LogP contribution in [-0.4, -0.2) is 58.0 Å². The van der Waals surface area contributed by atoms with Crippen LogP contribution >= 0.6 is 0 Å². The molecule has 7 heteroatoms. The summed E-state index contributed by atoms with van der Waals surface area (Å²) in [4.78, 5) is 31.2. The lowest BCUT2D eigenvalue weighted by molar-refractivity contribution is -0.127. The molecule has 2 saturated heterocycles. The Balaban J connectivity index is 1.14. The maximum atomic E-state index is 12.8. The number of carbonyl (C=O) groups is 1. The van der Waals surface area contributed by atoms with Gasteiger partial charge in [-0.1, -0.05) is 6.07 Å². The van der Waals surface area contributed by atoms with Crippen LogP contribution in [0.1, 0.15) is 49.1 Å². The number of pyridine rings is 1. The molecule has 1 atom stereocenters. The van der Waals surface area contributed by atoms with Gasteiger partial charge in [-0.05, 0) is 63.6 Å². The van der Waals surface area contributed by atoms with Gasteiger partial charge in [-0.15, -0.1) is 0 Å². The highest BCUT2D eigenvalue weighted by Crippen LogP contribution is 2.31. The summed E-state index contributed by atoms with van der Waals surface area (Å²) in [7, 11) is 0. The summed E-state index contributed by atoms with van der Waals surface area (Å²) in [6.45, 7) is 4.58. The normalized spacial score (nSPS) is 22.3. The van der Waals surface area contributed by atoms with E-state index in [1.54, 1.807) is 12.5 Å². The molecule has 7 nitrogen and oxygen atoms in total. The van der Waals surface area contributed by atoms with E-state index in [9.17, 15) is 4.79 Å². The molecule has 1 unspecified atom stereocenters. The van der Waals surface area contributed by atoms with Gasteiger partial charge in [0.25, 0.3) is 0 Å². The number of aryl methyl sites for hydroxylation is 1. The van der Waals surface area contributed by atoms with Crippen LogP contribution in [-0.2, 0) is 24.2 Å². The Labute approximate surface area is 184 Å². The van der Waals surface area contributed by atoms with Crippen LogP contribution in [0, 0.1) is 5.92 Å². The average Bonchev–Trinajstić information content (AvgIpc) is 3.32. The largest absolute Gasteiger partial charge is 0.356 e. The van der Waals surface area contributed by atoms with Crippen molar-refractivity contribution in [3.8, 4) is 0 Å². The predicted molar refractivity (Wildman–Crippen MR) is 120 cm³/mol. The van der Waals surface area contributed by atoms with Gasteiger partial charge in [0.1, 0.15) is 12.1 Å². The molecule has 0 spiro atoms. The zero-order valence-electron chi connectivity index (χ0n) is 18.2. The van der Waals surface area contributed by atoms with Crippen molar-refractivity contribution in [1.29, 1.82) is 0 Å². The summed E-state index contributed by atoms with van der Waals surface area (Å²) in [5.74, 6) is 1.43. The van der Waals surface area contributed by atoms with Gasteiger partial charge < -0.3 is 10.2 Å². The predicted octanol–water partition coefficient (Wildman–Crippen LogP) is 2.36. The molecule has 2 aromatic heterocycles. The number of hydrogen-bond acceptors (Lipinski definition) is 6. The first-order chi connectivity index (χ1) is 15.3. The molecular weight excluding hydrogens is 388 g/mol. The Hall–Kier alpha value is -2.54. The number of aromatic nitrogens is 3. The molecule has 1 N–H and O–H groups in total. The Morgan fingerprint density at radius 3 is 2.77 bits per heavy atom. The SMILES string of the molecule is O=C(NCc1ccccn1)C1CCCN(C2CCN(c3ncnc4c3CCC4)CC2)C1. The Morgan fingerprint density at radius 1 is 1.03 bits per heavy atom. The highest BCUT2D eigenvalue weighted by molar-refractivity contribution is 5.78. The smallest absolute Gasteiger partial charge is 0.224 e. The van der Waals surface area contributed by atoms with Crippen molar-refractivity contribution in [3.05, 3.63) is 47.7 Å². The van der Waals surface area contributed by atoms with E-state index >= 15 is 0 Å². The lowest BCUT2D eigenvalue weighted by Crippen LogP contribution is -2.51. The molecule has 4 heterocycles. The Kier molecular flexibility index (Phi) is 6.11. The summed E-state index contributed by atoms with van der Waals surface area (Å²) in [6, 6.07) is 6.37. The van der Waals surface area contributed by atoms with Crippen molar-refractivity contribution in [2.24, 2.45) is 5.92 Å². The zero-order valence-corrected chi connectivity index (χ0v) is 18.2. The molecule has 0 bridgehead atoms. The van der Waals surface area contributed by atoms with Crippen LogP contribution in [0.4, 0.5) is 5.82 Å². The van der Waals surface area contributed by atoms with Crippen molar-refractivity contribution in [2.45, 2.75) is 57.5 Å². The van der Waals surface area contributed by atoms with Gasteiger partial charge in [0.2, 0.25) is 5.91 Å². The lowest BCUT2D eigenvalue weighted by atomic mass is 9.93. The van der Waals surface area contributed by atoms with E-state index in [2.05, 4.69) is 30.1 Å². The van der Waals surface area contributed by atoms with Crippen LogP contribution in [0.5, 0.6) is 0 Å². The zero-order chi connectivity index (χ0) is 21.0. The minimum atomic E-state index is 0.0839. The molecule has 0 aromatic carbocycles. The number of hydrogen-bond donors (Lipinski definition) is 1. The van der Waals surface area contributed by atoms with Crippen LogP contribution in [0.3, 0.4) is 0 Å². The number of likely N-dealkylation sites (tertiary alicyclic amines) is 1. The van der Waals surface area contributed by atoms with Gasteiger partial charge >= 0.3 is 0 Å². The molecule has 1 amide bonds. The Morgan fingerprint density at radius 2 is 1.94 bits per heavy atom. The second-order valence-electron chi connectivity index (χ2n) is 9.07. The molecule has 1 aliphatic carbocycles. The summed E-state index contributed by atoms with van der Waals surface area (Å²) in [5.41, 5.74) is 3.54. The highest BCUT2D eigenvalue weighted by Gasteiger charge is 2.32. The minimum Gasteiger partial charge on any atom is -0.356 e. The molecule has 0 radical (unpaired) electrons. The molecule has 2 fully saturated rings. The van der Waals surface area contributed by atoms with Crippen LogP contribution in [0.25, 0.3) is 0 Å². The van der Waals surface area contributed by atoms with E-state index in [-0.39, 0.29) is 11.8 Å². The van der Waals surface area contributed by atoms with Gasteiger partial charge in [0.05, 0.1) is 18.2 Å². The number of anilines is 1. The van der Waals surface area contributed by atoms with E-state index in [1.807, 2.05) is 18.2 Å². The maximum Gasteiger partial charge on any atom is 0.224 e. The minimum absolute atomic E-state index is 0.0839. The number of amides is 1.